The number of hydrogen-bond acceptors (Lipinski definition) is 3. The smallest absolute Gasteiger partial charge is 0.276 e. The molecule has 0 saturated carbocycles. The van der Waals surface area contributed by atoms with Gasteiger partial charge in [-0.15, -0.1) is 0 Å². The maximum absolute atomic E-state index is 11.6. The summed E-state index contributed by atoms with van der Waals surface area (Å²) in [6.07, 6.45) is 9.52. The summed E-state index contributed by atoms with van der Waals surface area (Å²) >= 11 is 0. The van der Waals surface area contributed by atoms with Crippen molar-refractivity contribution >= 4 is 17.5 Å². The molecule has 1 aliphatic carbocycles. The normalized spacial score (nSPS) is 18.9. The highest BCUT2D eigenvalue weighted by Crippen LogP contribution is 2.22. The van der Waals surface area contributed by atoms with E-state index in [2.05, 4.69) is 0 Å². The highest BCUT2D eigenvalue weighted by Gasteiger charge is 2.17. The van der Waals surface area contributed by atoms with Gasteiger partial charge in [0, 0.05) is 12.0 Å². The lowest BCUT2D eigenvalue weighted by Gasteiger charge is -2.13. The van der Waals surface area contributed by atoms with Crippen molar-refractivity contribution in [1.29, 1.82) is 0 Å². The Hall–Kier alpha value is -2.23. The fraction of sp³-hybridized carbons (Fsp3) is 0.267. The molecule has 0 spiro atoms. The van der Waals surface area contributed by atoms with Gasteiger partial charge in [0.1, 0.15) is 0 Å². The first kappa shape index (κ1) is 13.2. The molecule has 0 aromatic heterocycles. The number of para-hydroxylation sites is 1. The van der Waals surface area contributed by atoms with Gasteiger partial charge in [0.05, 0.1) is 10.5 Å². The summed E-state index contributed by atoms with van der Waals surface area (Å²) in [4.78, 5) is 22.0. The highest BCUT2D eigenvalue weighted by atomic mass is 16.6. The molecular formula is C15H15NO3. The number of hydrogen-bond donors (Lipinski definition) is 0. The van der Waals surface area contributed by atoms with Gasteiger partial charge in [-0.25, -0.2) is 0 Å². The molecule has 98 valence electrons. The SMILES string of the molecule is O=C1C=CCCC1C/C=C/c1ccccc1[N+](=O)[O-]. The van der Waals surface area contributed by atoms with Gasteiger partial charge in [-0.3, -0.25) is 14.9 Å². The lowest BCUT2D eigenvalue weighted by Crippen LogP contribution is -2.13. The summed E-state index contributed by atoms with van der Waals surface area (Å²) in [5.74, 6) is 0.169. The fourth-order valence-corrected chi connectivity index (χ4v) is 2.16. The van der Waals surface area contributed by atoms with Crippen LogP contribution in [0, 0.1) is 16.0 Å². The first-order chi connectivity index (χ1) is 9.18. The van der Waals surface area contributed by atoms with Crippen molar-refractivity contribution in [3.05, 3.63) is 58.2 Å². The minimum Gasteiger partial charge on any atom is -0.295 e. The minimum absolute atomic E-state index is 0.0176. The Morgan fingerprint density at radius 1 is 1.37 bits per heavy atom. The number of benzene rings is 1. The molecule has 0 fully saturated rings. The van der Waals surface area contributed by atoms with Gasteiger partial charge in [-0.1, -0.05) is 30.4 Å². The molecular weight excluding hydrogens is 242 g/mol. The highest BCUT2D eigenvalue weighted by molar-refractivity contribution is 5.92. The molecule has 1 aromatic rings. The van der Waals surface area contributed by atoms with Crippen LogP contribution in [0.1, 0.15) is 24.8 Å². The van der Waals surface area contributed by atoms with Crippen molar-refractivity contribution in [1.82, 2.24) is 0 Å². The third-order valence-electron chi connectivity index (χ3n) is 3.22. The zero-order valence-corrected chi connectivity index (χ0v) is 10.5. The minimum atomic E-state index is -0.395. The van der Waals surface area contributed by atoms with Crippen molar-refractivity contribution in [2.45, 2.75) is 19.3 Å². The zero-order valence-electron chi connectivity index (χ0n) is 10.5. The Balaban J connectivity index is 2.05. The predicted molar refractivity (Wildman–Crippen MR) is 73.6 cm³/mol. The van der Waals surface area contributed by atoms with Gasteiger partial charge in [0.25, 0.3) is 5.69 Å². The molecule has 0 aliphatic heterocycles. The van der Waals surface area contributed by atoms with E-state index >= 15 is 0 Å². The van der Waals surface area contributed by atoms with Crippen molar-refractivity contribution in [2.24, 2.45) is 5.92 Å². The Morgan fingerprint density at radius 2 is 2.16 bits per heavy atom. The molecule has 1 aliphatic rings. The maximum Gasteiger partial charge on any atom is 0.276 e. The van der Waals surface area contributed by atoms with Gasteiger partial charge in [0.2, 0.25) is 0 Å². The van der Waals surface area contributed by atoms with Crippen LogP contribution in [0.5, 0.6) is 0 Å². The van der Waals surface area contributed by atoms with Gasteiger partial charge in [-0.2, -0.15) is 0 Å². The number of ketones is 1. The van der Waals surface area contributed by atoms with Gasteiger partial charge < -0.3 is 0 Å². The molecule has 1 aromatic carbocycles. The van der Waals surface area contributed by atoms with Crippen LogP contribution < -0.4 is 0 Å². The molecule has 0 heterocycles. The lowest BCUT2D eigenvalue weighted by atomic mass is 9.90. The van der Waals surface area contributed by atoms with E-state index in [1.165, 1.54) is 6.07 Å². The second-order valence-corrected chi connectivity index (χ2v) is 4.53. The third kappa shape index (κ3) is 3.37. The van der Waals surface area contributed by atoms with Crippen LogP contribution in [-0.2, 0) is 4.79 Å². The molecule has 0 bridgehead atoms. The van der Waals surface area contributed by atoms with Crippen molar-refractivity contribution < 1.29 is 9.72 Å². The molecule has 1 atom stereocenters. The molecule has 4 heteroatoms. The first-order valence-corrected chi connectivity index (χ1v) is 6.29. The molecule has 0 saturated heterocycles. The fourth-order valence-electron chi connectivity index (χ4n) is 2.16. The summed E-state index contributed by atoms with van der Waals surface area (Å²) in [5, 5.41) is 10.8. The van der Waals surface area contributed by atoms with E-state index in [0.29, 0.717) is 12.0 Å². The largest absolute Gasteiger partial charge is 0.295 e. The maximum atomic E-state index is 11.6. The lowest BCUT2D eigenvalue weighted by molar-refractivity contribution is -0.385. The third-order valence-corrected chi connectivity index (χ3v) is 3.22. The van der Waals surface area contributed by atoms with Gasteiger partial charge in [-0.05, 0) is 31.4 Å². The van der Waals surface area contributed by atoms with Crippen LogP contribution in [0.2, 0.25) is 0 Å². The molecule has 2 rings (SSSR count). The van der Waals surface area contributed by atoms with Crippen LogP contribution in [0.25, 0.3) is 6.08 Å². The Kier molecular flexibility index (Phi) is 4.23. The Morgan fingerprint density at radius 3 is 2.89 bits per heavy atom. The number of nitro groups is 1. The number of carbonyl (C=O) groups is 1. The average molecular weight is 257 g/mol. The van der Waals surface area contributed by atoms with Crippen LogP contribution >= 0.6 is 0 Å². The Bertz CT molecular complexity index is 546. The molecule has 0 radical (unpaired) electrons. The van der Waals surface area contributed by atoms with E-state index < -0.39 is 4.92 Å². The van der Waals surface area contributed by atoms with E-state index in [1.54, 1.807) is 30.4 Å². The number of nitro benzene ring substituents is 1. The predicted octanol–water partition coefficient (Wildman–Crippen LogP) is 3.53. The monoisotopic (exact) mass is 257 g/mol. The van der Waals surface area contributed by atoms with Crippen LogP contribution in [-0.4, -0.2) is 10.7 Å². The van der Waals surface area contributed by atoms with E-state index in [1.807, 2.05) is 12.2 Å². The topological polar surface area (TPSA) is 60.2 Å². The van der Waals surface area contributed by atoms with E-state index in [4.69, 9.17) is 0 Å². The van der Waals surface area contributed by atoms with Crippen LogP contribution in [0.3, 0.4) is 0 Å². The van der Waals surface area contributed by atoms with Gasteiger partial charge in [0.15, 0.2) is 5.78 Å². The van der Waals surface area contributed by atoms with Crippen LogP contribution in [0.15, 0.2) is 42.5 Å². The molecule has 0 amide bonds. The second-order valence-electron chi connectivity index (χ2n) is 4.53. The molecule has 4 nitrogen and oxygen atoms in total. The van der Waals surface area contributed by atoms with E-state index in [-0.39, 0.29) is 17.4 Å². The summed E-state index contributed by atoms with van der Waals surface area (Å²) in [7, 11) is 0. The van der Waals surface area contributed by atoms with Gasteiger partial charge >= 0.3 is 0 Å². The van der Waals surface area contributed by atoms with Crippen molar-refractivity contribution in [2.75, 3.05) is 0 Å². The van der Waals surface area contributed by atoms with E-state index in [0.717, 1.165) is 12.8 Å². The first-order valence-electron chi connectivity index (χ1n) is 6.29. The summed E-state index contributed by atoms with van der Waals surface area (Å²) in [6.45, 7) is 0. The Labute approximate surface area is 111 Å². The zero-order chi connectivity index (χ0) is 13.7. The number of nitrogens with zero attached hydrogens (tertiary/aromatic N) is 1. The average Bonchev–Trinajstić information content (AvgIpc) is 2.41. The number of allylic oxidation sites excluding steroid dienone is 3. The number of carbonyl (C=O) groups excluding carboxylic acids is 1. The quantitative estimate of drug-likeness (QED) is 0.612. The number of rotatable bonds is 4. The summed E-state index contributed by atoms with van der Waals surface area (Å²) in [6, 6.07) is 6.59. The van der Waals surface area contributed by atoms with Crippen molar-refractivity contribution in [3.63, 3.8) is 0 Å². The van der Waals surface area contributed by atoms with Crippen LogP contribution in [0.4, 0.5) is 5.69 Å². The summed E-state index contributed by atoms with van der Waals surface area (Å²) in [5.41, 5.74) is 0.667. The summed E-state index contributed by atoms with van der Waals surface area (Å²) < 4.78 is 0. The van der Waals surface area contributed by atoms with Crippen molar-refractivity contribution in [3.8, 4) is 0 Å². The molecule has 0 N–H and O–H groups in total. The second kappa shape index (κ2) is 6.09. The van der Waals surface area contributed by atoms with E-state index in [9.17, 15) is 14.9 Å². The standard InChI is InChI=1S/C15H15NO3/c17-15-11-4-2-7-13(15)9-5-8-12-6-1-3-10-14(12)16(18)19/h1,3-6,8,10-11,13H,2,7,9H2/b8-5+. The molecule has 19 heavy (non-hydrogen) atoms. The molecule has 1 unspecified atom stereocenters.